The summed E-state index contributed by atoms with van der Waals surface area (Å²) in [5.74, 6) is 0.0525. The Morgan fingerprint density at radius 3 is 2.56 bits per heavy atom. The molecule has 1 aromatic heterocycles. The quantitative estimate of drug-likeness (QED) is 0.840. The molecule has 2 aromatic rings. The minimum Gasteiger partial charge on any atom is -0.354 e. The van der Waals surface area contributed by atoms with E-state index in [0.717, 1.165) is 31.7 Å². The minimum atomic E-state index is 0.0525. The van der Waals surface area contributed by atoms with Crippen molar-refractivity contribution in [1.29, 1.82) is 0 Å². The molecular formula is C19H24ClN3OS. The number of carbonyl (C=O) groups is 1. The maximum atomic E-state index is 12.3. The minimum absolute atomic E-state index is 0.0525. The molecule has 6 heteroatoms. The second kappa shape index (κ2) is 8.81. The zero-order valence-electron chi connectivity index (χ0n) is 14.5. The topological polar surface area (TPSA) is 35.6 Å². The Morgan fingerprint density at radius 1 is 1.20 bits per heavy atom. The van der Waals surface area contributed by atoms with Crippen LogP contribution in [0, 0.1) is 0 Å². The van der Waals surface area contributed by atoms with Crippen molar-refractivity contribution in [3.05, 3.63) is 57.2 Å². The average Bonchev–Trinajstić information content (AvgIpc) is 3.13. The van der Waals surface area contributed by atoms with Crippen molar-refractivity contribution < 1.29 is 4.79 Å². The first kappa shape index (κ1) is 18.4. The number of amides is 1. The first-order valence-electron chi connectivity index (χ1n) is 8.57. The molecule has 2 heterocycles. The van der Waals surface area contributed by atoms with Crippen LogP contribution in [-0.2, 0) is 11.2 Å². The molecule has 3 rings (SSSR count). The molecule has 0 radical (unpaired) electrons. The van der Waals surface area contributed by atoms with E-state index in [9.17, 15) is 4.79 Å². The van der Waals surface area contributed by atoms with Crippen LogP contribution in [0.4, 0.5) is 0 Å². The lowest BCUT2D eigenvalue weighted by Gasteiger charge is -2.38. The molecule has 0 saturated carbocycles. The average molecular weight is 378 g/mol. The molecule has 4 nitrogen and oxygen atoms in total. The molecule has 0 aliphatic carbocycles. The van der Waals surface area contributed by atoms with Crippen molar-refractivity contribution in [3.63, 3.8) is 0 Å². The molecule has 1 fully saturated rings. The first-order chi connectivity index (χ1) is 12.1. The van der Waals surface area contributed by atoms with Crippen molar-refractivity contribution in [2.45, 2.75) is 12.5 Å². The Bertz CT molecular complexity index is 666. The molecule has 0 spiro atoms. The number of nitrogens with one attached hydrogen (secondary N) is 1. The maximum Gasteiger partial charge on any atom is 0.224 e. The van der Waals surface area contributed by atoms with Crippen molar-refractivity contribution in [2.75, 3.05) is 39.8 Å². The molecule has 25 heavy (non-hydrogen) atoms. The van der Waals surface area contributed by atoms with Gasteiger partial charge in [-0.2, -0.15) is 11.3 Å². The molecule has 134 valence electrons. The Kier molecular flexibility index (Phi) is 6.48. The summed E-state index contributed by atoms with van der Waals surface area (Å²) in [6.45, 7) is 4.85. The second-order valence-electron chi connectivity index (χ2n) is 6.52. The maximum absolute atomic E-state index is 12.3. The molecule has 1 aliphatic rings. The summed E-state index contributed by atoms with van der Waals surface area (Å²) in [7, 11) is 2.16. The highest BCUT2D eigenvalue weighted by molar-refractivity contribution is 7.07. The van der Waals surface area contributed by atoms with Crippen LogP contribution in [0.3, 0.4) is 0 Å². The van der Waals surface area contributed by atoms with Crippen molar-refractivity contribution >= 4 is 28.8 Å². The van der Waals surface area contributed by atoms with Crippen LogP contribution in [-0.4, -0.2) is 55.5 Å². The van der Waals surface area contributed by atoms with E-state index < -0.39 is 0 Å². The number of likely N-dealkylation sites (N-methyl/N-ethyl adjacent to an activating group) is 1. The first-order valence-corrected chi connectivity index (χ1v) is 9.90. The van der Waals surface area contributed by atoms with Crippen molar-refractivity contribution in [3.8, 4) is 0 Å². The fourth-order valence-corrected chi connectivity index (χ4v) is 3.95. The Balaban J connectivity index is 1.58. The third-order valence-corrected chi connectivity index (χ3v) is 5.63. The van der Waals surface area contributed by atoms with Crippen LogP contribution in [0.25, 0.3) is 0 Å². The van der Waals surface area contributed by atoms with Crippen LogP contribution < -0.4 is 5.32 Å². The van der Waals surface area contributed by atoms with E-state index in [0.29, 0.717) is 18.0 Å². The van der Waals surface area contributed by atoms with Gasteiger partial charge in [-0.3, -0.25) is 9.69 Å². The highest BCUT2D eigenvalue weighted by Crippen LogP contribution is 2.23. The van der Waals surface area contributed by atoms with Gasteiger partial charge in [-0.05, 0) is 47.1 Å². The van der Waals surface area contributed by atoms with Crippen molar-refractivity contribution in [2.24, 2.45) is 0 Å². The lowest BCUT2D eigenvalue weighted by Crippen LogP contribution is -2.48. The summed E-state index contributed by atoms with van der Waals surface area (Å²) in [6, 6.07) is 9.86. The molecule has 1 saturated heterocycles. The molecule has 1 amide bonds. The molecule has 1 aliphatic heterocycles. The summed E-state index contributed by atoms with van der Waals surface area (Å²) in [5, 5.41) is 8.11. The Hall–Kier alpha value is -1.40. The van der Waals surface area contributed by atoms with E-state index in [2.05, 4.69) is 39.0 Å². The summed E-state index contributed by atoms with van der Waals surface area (Å²) >= 11 is 7.60. The van der Waals surface area contributed by atoms with Gasteiger partial charge in [0.2, 0.25) is 5.91 Å². The molecule has 1 aromatic carbocycles. The predicted octanol–water partition coefficient (Wildman–Crippen LogP) is 3.05. The lowest BCUT2D eigenvalue weighted by atomic mass is 10.1. The number of hydrogen-bond acceptors (Lipinski definition) is 4. The number of halogens is 1. The van der Waals surface area contributed by atoms with Gasteiger partial charge in [-0.15, -0.1) is 0 Å². The van der Waals surface area contributed by atoms with Crippen LogP contribution in [0.15, 0.2) is 41.1 Å². The van der Waals surface area contributed by atoms with Gasteiger partial charge in [0, 0.05) is 37.7 Å². The Labute approximate surface area is 158 Å². The Morgan fingerprint density at radius 2 is 1.92 bits per heavy atom. The van der Waals surface area contributed by atoms with E-state index in [4.69, 9.17) is 11.6 Å². The van der Waals surface area contributed by atoms with E-state index in [-0.39, 0.29) is 11.9 Å². The zero-order valence-corrected chi connectivity index (χ0v) is 16.0. The highest BCUT2D eigenvalue weighted by Gasteiger charge is 2.24. The summed E-state index contributed by atoms with van der Waals surface area (Å²) in [4.78, 5) is 17.2. The van der Waals surface area contributed by atoms with Crippen molar-refractivity contribution in [1.82, 2.24) is 15.1 Å². The van der Waals surface area contributed by atoms with E-state index >= 15 is 0 Å². The number of nitrogens with zero attached hydrogens (tertiary/aromatic N) is 2. The third kappa shape index (κ3) is 5.28. The SMILES string of the molecule is CN1CCN([C@@H](CNC(=O)Cc2ccc(Cl)cc2)c2ccsc2)CC1. The second-order valence-corrected chi connectivity index (χ2v) is 7.74. The van der Waals surface area contributed by atoms with Gasteiger partial charge in [0.1, 0.15) is 0 Å². The molecule has 0 bridgehead atoms. The normalized spacial score (nSPS) is 17.4. The van der Waals surface area contributed by atoms with E-state index in [1.54, 1.807) is 11.3 Å². The smallest absolute Gasteiger partial charge is 0.224 e. The fourth-order valence-electron chi connectivity index (χ4n) is 3.12. The van der Waals surface area contributed by atoms with Crippen LogP contribution in [0.1, 0.15) is 17.2 Å². The number of piperazine rings is 1. The van der Waals surface area contributed by atoms with Gasteiger partial charge in [0.05, 0.1) is 12.5 Å². The molecule has 1 N–H and O–H groups in total. The van der Waals surface area contributed by atoms with Gasteiger partial charge in [0.25, 0.3) is 0 Å². The molecule has 1 atom stereocenters. The molecular weight excluding hydrogens is 354 g/mol. The number of thiophene rings is 1. The number of benzene rings is 1. The highest BCUT2D eigenvalue weighted by atomic mass is 35.5. The molecule has 0 unspecified atom stereocenters. The standard InChI is InChI=1S/C19H24ClN3OS/c1-22-7-9-23(10-8-22)18(16-6-11-25-14-16)13-21-19(24)12-15-2-4-17(20)5-3-15/h2-6,11,14,18H,7-10,12-13H2,1H3,(H,21,24)/t18-/m0/s1. The van der Waals surface area contributed by atoms with E-state index in [1.165, 1.54) is 5.56 Å². The van der Waals surface area contributed by atoms with Gasteiger partial charge >= 0.3 is 0 Å². The van der Waals surface area contributed by atoms with Gasteiger partial charge in [-0.25, -0.2) is 0 Å². The largest absolute Gasteiger partial charge is 0.354 e. The summed E-state index contributed by atoms with van der Waals surface area (Å²) < 4.78 is 0. The predicted molar refractivity (Wildman–Crippen MR) is 104 cm³/mol. The van der Waals surface area contributed by atoms with Gasteiger partial charge < -0.3 is 10.2 Å². The number of rotatable bonds is 6. The van der Waals surface area contributed by atoms with Gasteiger partial charge in [0.15, 0.2) is 0 Å². The number of hydrogen-bond donors (Lipinski definition) is 1. The summed E-state index contributed by atoms with van der Waals surface area (Å²) in [6.07, 6.45) is 0.385. The monoisotopic (exact) mass is 377 g/mol. The lowest BCUT2D eigenvalue weighted by molar-refractivity contribution is -0.120. The van der Waals surface area contributed by atoms with E-state index in [1.807, 2.05) is 24.3 Å². The fraction of sp³-hybridized carbons (Fsp3) is 0.421. The van der Waals surface area contributed by atoms with Crippen LogP contribution in [0.2, 0.25) is 5.02 Å². The van der Waals surface area contributed by atoms with Crippen LogP contribution in [0.5, 0.6) is 0 Å². The zero-order chi connectivity index (χ0) is 17.6. The third-order valence-electron chi connectivity index (χ3n) is 4.68. The van der Waals surface area contributed by atoms with Crippen LogP contribution >= 0.6 is 22.9 Å². The number of carbonyl (C=O) groups excluding carboxylic acids is 1. The van der Waals surface area contributed by atoms with Gasteiger partial charge in [-0.1, -0.05) is 23.7 Å². The summed E-state index contributed by atoms with van der Waals surface area (Å²) in [5.41, 5.74) is 2.27.